The highest BCUT2D eigenvalue weighted by molar-refractivity contribution is 7.99. The second-order valence-corrected chi connectivity index (χ2v) is 5.94. The summed E-state index contributed by atoms with van der Waals surface area (Å²) in [5.74, 6) is 0.278. The van der Waals surface area contributed by atoms with Crippen molar-refractivity contribution in [3.05, 3.63) is 29.3 Å². The molecule has 2 nitrogen and oxygen atoms in total. The van der Waals surface area contributed by atoms with Gasteiger partial charge in [0.05, 0.1) is 5.41 Å². The van der Waals surface area contributed by atoms with E-state index in [0.717, 1.165) is 5.75 Å². The van der Waals surface area contributed by atoms with Crippen LogP contribution in [0.4, 0.5) is 0 Å². The van der Waals surface area contributed by atoms with Gasteiger partial charge in [-0.3, -0.25) is 4.79 Å². The lowest BCUT2D eigenvalue weighted by Crippen LogP contribution is -2.31. The normalized spacial score (nSPS) is 19.6. The van der Waals surface area contributed by atoms with E-state index in [1.165, 1.54) is 16.0 Å². The van der Waals surface area contributed by atoms with Crippen LogP contribution in [0.25, 0.3) is 0 Å². The molecule has 0 radical (unpaired) electrons. The molecule has 1 aromatic carbocycles. The predicted octanol–water partition coefficient (Wildman–Crippen LogP) is 3.30. The van der Waals surface area contributed by atoms with Crippen molar-refractivity contribution in [2.24, 2.45) is 5.41 Å². The van der Waals surface area contributed by atoms with Crippen molar-refractivity contribution in [3.63, 3.8) is 0 Å². The van der Waals surface area contributed by atoms with Crippen LogP contribution in [0, 0.1) is 12.3 Å². The van der Waals surface area contributed by atoms with Gasteiger partial charge in [0, 0.05) is 16.6 Å². The maximum absolute atomic E-state index is 11.3. The van der Waals surface area contributed by atoms with Crippen molar-refractivity contribution < 1.29 is 9.90 Å². The Bertz CT molecular complexity index is 438. The summed E-state index contributed by atoms with van der Waals surface area (Å²) >= 11 is 1.77. The number of carboxylic acid groups (broad SMARTS) is 1. The fourth-order valence-corrected chi connectivity index (χ4v) is 3.76. The minimum absolute atomic E-state index is 0.117. The maximum Gasteiger partial charge on any atom is 0.309 e. The van der Waals surface area contributed by atoms with Gasteiger partial charge in [0.25, 0.3) is 0 Å². The second-order valence-electron chi connectivity index (χ2n) is 4.88. The number of hydrogen-bond acceptors (Lipinski definition) is 2. The second kappa shape index (κ2) is 3.81. The average molecular weight is 236 g/mol. The van der Waals surface area contributed by atoms with Gasteiger partial charge < -0.3 is 5.11 Å². The summed E-state index contributed by atoms with van der Waals surface area (Å²) in [5, 5.41) is 9.31. The van der Waals surface area contributed by atoms with Crippen LogP contribution in [0.2, 0.25) is 0 Å². The van der Waals surface area contributed by atoms with Crippen molar-refractivity contribution in [1.29, 1.82) is 0 Å². The van der Waals surface area contributed by atoms with Gasteiger partial charge in [-0.15, -0.1) is 11.8 Å². The van der Waals surface area contributed by atoms with E-state index in [0.29, 0.717) is 0 Å². The number of benzene rings is 1. The van der Waals surface area contributed by atoms with Crippen LogP contribution < -0.4 is 0 Å². The Balaban J connectivity index is 2.48. The Morgan fingerprint density at radius 2 is 2.19 bits per heavy atom. The molecular formula is C13H16O2S. The van der Waals surface area contributed by atoms with Gasteiger partial charge in [0.2, 0.25) is 0 Å². The Morgan fingerprint density at radius 1 is 1.50 bits per heavy atom. The molecule has 16 heavy (non-hydrogen) atoms. The van der Waals surface area contributed by atoms with Crippen LogP contribution in [0.3, 0.4) is 0 Å². The molecule has 0 saturated carbocycles. The standard InChI is InChI=1S/C13H16O2S/c1-8-5-4-6-10-11(8)9(7-16-10)13(2,3)12(14)15/h4-6,9H,7H2,1-3H3,(H,14,15). The molecule has 0 saturated heterocycles. The van der Waals surface area contributed by atoms with E-state index in [1.54, 1.807) is 11.8 Å². The summed E-state index contributed by atoms with van der Waals surface area (Å²) in [4.78, 5) is 12.6. The minimum Gasteiger partial charge on any atom is -0.481 e. The molecule has 0 amide bonds. The number of thioether (sulfide) groups is 1. The molecule has 1 aromatic rings. The first kappa shape index (κ1) is 11.5. The van der Waals surface area contributed by atoms with E-state index in [1.807, 2.05) is 19.9 Å². The summed E-state index contributed by atoms with van der Waals surface area (Å²) < 4.78 is 0. The molecule has 1 aliphatic heterocycles. The SMILES string of the molecule is Cc1cccc2c1C(C(C)(C)C(=O)O)CS2. The zero-order valence-electron chi connectivity index (χ0n) is 9.78. The van der Waals surface area contributed by atoms with Crippen LogP contribution in [0.5, 0.6) is 0 Å². The zero-order chi connectivity index (χ0) is 11.9. The lowest BCUT2D eigenvalue weighted by molar-refractivity contribution is -0.147. The average Bonchev–Trinajstić information content (AvgIpc) is 2.63. The van der Waals surface area contributed by atoms with Crippen LogP contribution in [0.1, 0.15) is 30.9 Å². The van der Waals surface area contributed by atoms with Gasteiger partial charge in [-0.05, 0) is 38.0 Å². The number of aryl methyl sites for hydroxylation is 1. The summed E-state index contributed by atoms with van der Waals surface area (Å²) in [6, 6.07) is 6.19. The summed E-state index contributed by atoms with van der Waals surface area (Å²) in [6.45, 7) is 5.71. The van der Waals surface area contributed by atoms with Crippen molar-refractivity contribution in [2.75, 3.05) is 5.75 Å². The number of fused-ring (bicyclic) bond motifs is 1. The van der Waals surface area contributed by atoms with Gasteiger partial charge in [-0.25, -0.2) is 0 Å². The van der Waals surface area contributed by atoms with Gasteiger partial charge in [-0.1, -0.05) is 12.1 Å². The summed E-state index contributed by atoms with van der Waals surface area (Å²) in [7, 11) is 0. The van der Waals surface area contributed by atoms with Gasteiger partial charge >= 0.3 is 5.97 Å². The van der Waals surface area contributed by atoms with E-state index in [-0.39, 0.29) is 5.92 Å². The molecule has 0 fully saturated rings. The first-order valence-electron chi connectivity index (χ1n) is 5.40. The van der Waals surface area contributed by atoms with E-state index in [4.69, 9.17) is 0 Å². The quantitative estimate of drug-likeness (QED) is 0.856. The molecule has 0 spiro atoms. The van der Waals surface area contributed by atoms with Gasteiger partial charge in [0.1, 0.15) is 0 Å². The van der Waals surface area contributed by atoms with E-state index >= 15 is 0 Å². The molecule has 1 N–H and O–H groups in total. The van der Waals surface area contributed by atoms with Gasteiger partial charge in [-0.2, -0.15) is 0 Å². The molecule has 3 heteroatoms. The summed E-state index contributed by atoms with van der Waals surface area (Å²) in [6.07, 6.45) is 0. The molecule has 2 rings (SSSR count). The summed E-state index contributed by atoms with van der Waals surface area (Å²) in [5.41, 5.74) is 1.76. The number of aliphatic carboxylic acids is 1. The van der Waals surface area contributed by atoms with Crippen LogP contribution in [-0.4, -0.2) is 16.8 Å². The molecule has 0 aromatic heterocycles. The predicted molar refractivity (Wildman–Crippen MR) is 66.1 cm³/mol. The van der Waals surface area contributed by atoms with Crippen LogP contribution in [0.15, 0.2) is 23.1 Å². The molecule has 1 heterocycles. The Labute approximate surface area is 100 Å². The minimum atomic E-state index is -0.714. The molecule has 1 unspecified atom stereocenters. The Kier molecular flexibility index (Phi) is 2.74. The number of carboxylic acids is 1. The lowest BCUT2D eigenvalue weighted by Gasteiger charge is -2.28. The Hall–Kier alpha value is -0.960. The van der Waals surface area contributed by atoms with Crippen molar-refractivity contribution in [1.82, 2.24) is 0 Å². The molecule has 0 aliphatic carbocycles. The Morgan fingerprint density at radius 3 is 2.81 bits per heavy atom. The third kappa shape index (κ3) is 1.63. The van der Waals surface area contributed by atoms with E-state index in [9.17, 15) is 9.90 Å². The van der Waals surface area contributed by atoms with E-state index < -0.39 is 11.4 Å². The fraction of sp³-hybridized carbons (Fsp3) is 0.462. The highest BCUT2D eigenvalue weighted by Crippen LogP contribution is 2.49. The third-order valence-electron chi connectivity index (χ3n) is 3.46. The van der Waals surface area contributed by atoms with Gasteiger partial charge in [0.15, 0.2) is 0 Å². The molecule has 1 atom stereocenters. The number of rotatable bonds is 2. The van der Waals surface area contributed by atoms with E-state index in [2.05, 4.69) is 19.1 Å². The molecule has 0 bridgehead atoms. The highest BCUT2D eigenvalue weighted by atomic mass is 32.2. The molecular weight excluding hydrogens is 220 g/mol. The smallest absolute Gasteiger partial charge is 0.309 e. The molecule has 1 aliphatic rings. The first-order chi connectivity index (χ1) is 7.44. The number of carbonyl (C=O) groups is 1. The maximum atomic E-state index is 11.3. The zero-order valence-corrected chi connectivity index (χ0v) is 10.6. The molecule has 86 valence electrons. The lowest BCUT2D eigenvalue weighted by atomic mass is 9.75. The van der Waals surface area contributed by atoms with Crippen molar-refractivity contribution in [2.45, 2.75) is 31.6 Å². The highest BCUT2D eigenvalue weighted by Gasteiger charge is 2.42. The van der Waals surface area contributed by atoms with Crippen molar-refractivity contribution >= 4 is 17.7 Å². The fourth-order valence-electron chi connectivity index (χ4n) is 2.20. The third-order valence-corrected chi connectivity index (χ3v) is 4.63. The number of hydrogen-bond donors (Lipinski definition) is 1. The van der Waals surface area contributed by atoms with Crippen LogP contribution in [-0.2, 0) is 4.79 Å². The first-order valence-corrected chi connectivity index (χ1v) is 6.39. The van der Waals surface area contributed by atoms with Crippen LogP contribution >= 0.6 is 11.8 Å². The monoisotopic (exact) mass is 236 g/mol. The van der Waals surface area contributed by atoms with Crippen molar-refractivity contribution in [3.8, 4) is 0 Å². The largest absolute Gasteiger partial charge is 0.481 e. The topological polar surface area (TPSA) is 37.3 Å².